The fourth-order valence-electron chi connectivity index (χ4n) is 2.46. The van der Waals surface area contributed by atoms with E-state index in [2.05, 4.69) is 86.0 Å². The third-order valence-corrected chi connectivity index (χ3v) is 3.77. The minimum atomic E-state index is 1.08. The number of nitrogens with zero attached hydrogens (tertiary/aromatic N) is 2. The Hall–Kier alpha value is -1.96. The van der Waals surface area contributed by atoms with Gasteiger partial charge in [0, 0.05) is 37.6 Å². The lowest BCUT2D eigenvalue weighted by atomic mass is 10.3. The molecule has 2 nitrogen and oxygen atoms in total. The van der Waals surface area contributed by atoms with Crippen molar-refractivity contribution >= 4 is 11.4 Å². The second-order valence-corrected chi connectivity index (χ2v) is 5.02. The van der Waals surface area contributed by atoms with Crippen molar-refractivity contribution < 1.29 is 0 Å². The molecule has 2 aromatic carbocycles. The Morgan fingerprint density at radius 1 is 0.500 bits per heavy atom. The summed E-state index contributed by atoms with van der Waals surface area (Å²) in [7, 11) is 0. The molecule has 0 amide bonds. The Labute approximate surface area is 136 Å². The van der Waals surface area contributed by atoms with Crippen molar-refractivity contribution in [1.29, 1.82) is 0 Å². The van der Waals surface area contributed by atoms with Crippen LogP contribution in [0.25, 0.3) is 0 Å². The Morgan fingerprint density at radius 2 is 0.773 bits per heavy atom. The van der Waals surface area contributed by atoms with Gasteiger partial charge in [0.2, 0.25) is 0 Å². The molecule has 0 spiro atoms. The van der Waals surface area contributed by atoms with Gasteiger partial charge < -0.3 is 9.80 Å². The van der Waals surface area contributed by atoms with Crippen LogP contribution in [-0.4, -0.2) is 26.2 Å². The van der Waals surface area contributed by atoms with Crippen molar-refractivity contribution in [3.8, 4) is 0 Å². The van der Waals surface area contributed by atoms with Crippen LogP contribution in [0, 0.1) is 0 Å². The molecule has 0 radical (unpaired) electrons. The number of hydrogen-bond acceptors (Lipinski definition) is 2. The van der Waals surface area contributed by atoms with Crippen LogP contribution in [-0.2, 0) is 0 Å². The van der Waals surface area contributed by atoms with E-state index in [9.17, 15) is 0 Å². The Morgan fingerprint density at radius 3 is 1.00 bits per heavy atom. The molecule has 0 atom stereocenters. The molecule has 0 saturated carbocycles. The molecule has 120 valence electrons. The molecule has 0 aliphatic carbocycles. The standard InChI is InChI=1S/2C10H15N/c2*1-3-11(4-2)10-8-6-5-7-9-10/h2*5-9H,3-4H2,1-2H3. The maximum Gasteiger partial charge on any atom is 0.0365 e. The van der Waals surface area contributed by atoms with Crippen LogP contribution in [0.5, 0.6) is 0 Å². The highest BCUT2D eigenvalue weighted by molar-refractivity contribution is 5.46. The van der Waals surface area contributed by atoms with Gasteiger partial charge in [-0.1, -0.05) is 36.4 Å². The highest BCUT2D eigenvalue weighted by Crippen LogP contribution is 2.12. The van der Waals surface area contributed by atoms with Gasteiger partial charge in [-0.15, -0.1) is 0 Å². The van der Waals surface area contributed by atoms with E-state index in [1.165, 1.54) is 11.4 Å². The molecule has 0 aliphatic heterocycles. The first-order valence-electron chi connectivity index (χ1n) is 8.36. The number of para-hydroxylation sites is 2. The molecule has 0 aliphatic rings. The molecule has 0 fully saturated rings. The molecule has 0 heterocycles. The number of anilines is 2. The van der Waals surface area contributed by atoms with E-state index in [0.717, 1.165) is 26.2 Å². The molecule has 22 heavy (non-hydrogen) atoms. The Kier molecular flexibility index (Phi) is 8.82. The Balaban J connectivity index is 0.000000220. The SMILES string of the molecule is CCN(CC)c1ccccc1.CCN(CC)c1ccccc1. The molecule has 2 heteroatoms. The maximum atomic E-state index is 2.33. The van der Waals surface area contributed by atoms with E-state index in [0.29, 0.717) is 0 Å². The van der Waals surface area contributed by atoms with E-state index in [-0.39, 0.29) is 0 Å². The molecule has 0 bridgehead atoms. The van der Waals surface area contributed by atoms with Gasteiger partial charge in [-0.05, 0) is 52.0 Å². The second kappa shape index (κ2) is 10.7. The van der Waals surface area contributed by atoms with E-state index < -0.39 is 0 Å². The van der Waals surface area contributed by atoms with E-state index in [1.54, 1.807) is 0 Å². The maximum absolute atomic E-state index is 2.33. The van der Waals surface area contributed by atoms with Crippen molar-refractivity contribution in [3.63, 3.8) is 0 Å². The number of rotatable bonds is 6. The van der Waals surface area contributed by atoms with Gasteiger partial charge in [-0.25, -0.2) is 0 Å². The fraction of sp³-hybridized carbons (Fsp3) is 0.400. The first kappa shape index (κ1) is 18.1. The average molecular weight is 298 g/mol. The first-order valence-corrected chi connectivity index (χ1v) is 8.36. The highest BCUT2D eigenvalue weighted by atomic mass is 15.1. The summed E-state index contributed by atoms with van der Waals surface area (Å²) in [4.78, 5) is 4.67. The van der Waals surface area contributed by atoms with Crippen LogP contribution in [0.3, 0.4) is 0 Å². The third-order valence-electron chi connectivity index (χ3n) is 3.77. The fourth-order valence-corrected chi connectivity index (χ4v) is 2.46. The molecule has 0 saturated heterocycles. The van der Waals surface area contributed by atoms with Gasteiger partial charge in [0.1, 0.15) is 0 Å². The van der Waals surface area contributed by atoms with Crippen LogP contribution in [0.4, 0.5) is 11.4 Å². The largest absolute Gasteiger partial charge is 0.372 e. The van der Waals surface area contributed by atoms with Crippen molar-refractivity contribution in [3.05, 3.63) is 60.7 Å². The summed E-state index contributed by atoms with van der Waals surface area (Å²) >= 11 is 0. The zero-order valence-electron chi connectivity index (χ0n) is 14.5. The van der Waals surface area contributed by atoms with Gasteiger partial charge in [0.05, 0.1) is 0 Å². The normalized spacial score (nSPS) is 9.64. The van der Waals surface area contributed by atoms with Gasteiger partial charge in [0.25, 0.3) is 0 Å². The number of hydrogen-bond donors (Lipinski definition) is 0. The number of benzene rings is 2. The minimum Gasteiger partial charge on any atom is -0.372 e. The smallest absolute Gasteiger partial charge is 0.0365 e. The topological polar surface area (TPSA) is 6.48 Å². The third kappa shape index (κ3) is 5.80. The summed E-state index contributed by atoms with van der Waals surface area (Å²) < 4.78 is 0. The van der Waals surface area contributed by atoms with Gasteiger partial charge in [-0.2, -0.15) is 0 Å². The molecular weight excluding hydrogens is 268 g/mol. The van der Waals surface area contributed by atoms with Crippen molar-refractivity contribution in [2.45, 2.75) is 27.7 Å². The Bertz CT molecular complexity index is 426. The molecule has 2 aromatic rings. The first-order chi connectivity index (χ1) is 10.8. The quantitative estimate of drug-likeness (QED) is 0.735. The zero-order valence-corrected chi connectivity index (χ0v) is 14.5. The summed E-state index contributed by atoms with van der Waals surface area (Å²) in [5.74, 6) is 0. The predicted octanol–water partition coefficient (Wildman–Crippen LogP) is 5.07. The molecule has 2 rings (SSSR count). The van der Waals surface area contributed by atoms with Crippen LogP contribution < -0.4 is 9.80 Å². The van der Waals surface area contributed by atoms with Crippen LogP contribution >= 0.6 is 0 Å². The van der Waals surface area contributed by atoms with E-state index in [4.69, 9.17) is 0 Å². The van der Waals surface area contributed by atoms with Gasteiger partial charge in [-0.3, -0.25) is 0 Å². The van der Waals surface area contributed by atoms with E-state index in [1.807, 2.05) is 12.1 Å². The lowest BCUT2D eigenvalue weighted by Gasteiger charge is -2.20. The summed E-state index contributed by atoms with van der Waals surface area (Å²) in [5, 5.41) is 0. The van der Waals surface area contributed by atoms with Crippen LogP contribution in [0.1, 0.15) is 27.7 Å². The lowest BCUT2D eigenvalue weighted by Crippen LogP contribution is -2.21. The van der Waals surface area contributed by atoms with Crippen LogP contribution in [0.2, 0.25) is 0 Å². The zero-order chi connectivity index (χ0) is 16.2. The second-order valence-electron chi connectivity index (χ2n) is 5.02. The average Bonchev–Trinajstić information content (AvgIpc) is 2.60. The van der Waals surface area contributed by atoms with Crippen molar-refractivity contribution in [2.24, 2.45) is 0 Å². The molecule has 0 aromatic heterocycles. The van der Waals surface area contributed by atoms with Crippen LogP contribution in [0.15, 0.2) is 60.7 Å². The lowest BCUT2D eigenvalue weighted by molar-refractivity contribution is 0.866. The minimum absolute atomic E-state index is 1.08. The summed E-state index contributed by atoms with van der Waals surface area (Å²) in [5.41, 5.74) is 2.63. The predicted molar refractivity (Wildman–Crippen MR) is 100 cm³/mol. The monoisotopic (exact) mass is 298 g/mol. The summed E-state index contributed by atoms with van der Waals surface area (Å²) in [6.45, 7) is 13.0. The van der Waals surface area contributed by atoms with E-state index >= 15 is 0 Å². The summed E-state index contributed by atoms with van der Waals surface area (Å²) in [6, 6.07) is 21.0. The van der Waals surface area contributed by atoms with Gasteiger partial charge >= 0.3 is 0 Å². The highest BCUT2D eigenvalue weighted by Gasteiger charge is 1.98. The van der Waals surface area contributed by atoms with Crippen molar-refractivity contribution in [1.82, 2.24) is 0 Å². The molecule has 0 unspecified atom stereocenters. The van der Waals surface area contributed by atoms with Gasteiger partial charge in [0.15, 0.2) is 0 Å². The van der Waals surface area contributed by atoms with Crippen molar-refractivity contribution in [2.75, 3.05) is 36.0 Å². The summed E-state index contributed by atoms with van der Waals surface area (Å²) in [6.07, 6.45) is 0. The molecule has 0 N–H and O–H groups in total. The molecular formula is C20H30N2.